The fourth-order valence-corrected chi connectivity index (χ4v) is 5.25. The highest BCUT2D eigenvalue weighted by atomic mass is 35.5. The molecule has 158 valence electrons. The average Bonchev–Trinajstić information content (AvgIpc) is 2.71. The number of hydrogen-bond acceptors (Lipinski definition) is 4. The van der Waals surface area contributed by atoms with E-state index in [4.69, 9.17) is 16.7 Å². The lowest BCUT2D eigenvalue weighted by molar-refractivity contribution is 0.0646. The molecule has 0 aliphatic heterocycles. The van der Waals surface area contributed by atoms with E-state index < -0.39 is 10.0 Å². The van der Waals surface area contributed by atoms with Gasteiger partial charge in [0, 0.05) is 18.2 Å². The number of aliphatic hydroxyl groups excluding tert-OH is 2. The van der Waals surface area contributed by atoms with Gasteiger partial charge in [-0.1, -0.05) is 35.9 Å². The fourth-order valence-electron chi connectivity index (χ4n) is 3.96. The lowest BCUT2D eigenvalue weighted by Gasteiger charge is -2.39. The van der Waals surface area contributed by atoms with Crippen LogP contribution in [0.15, 0.2) is 53.4 Å². The van der Waals surface area contributed by atoms with Crippen molar-refractivity contribution in [2.24, 2.45) is 5.41 Å². The highest BCUT2D eigenvalue weighted by Gasteiger charge is 2.36. The van der Waals surface area contributed by atoms with Gasteiger partial charge in [-0.2, -0.15) is 0 Å². The summed E-state index contributed by atoms with van der Waals surface area (Å²) in [6.45, 7) is 0.441. The second kappa shape index (κ2) is 9.58. The van der Waals surface area contributed by atoms with Crippen LogP contribution in [0.25, 0.3) is 0 Å². The van der Waals surface area contributed by atoms with Crippen molar-refractivity contribution in [3.05, 3.63) is 64.7 Å². The van der Waals surface area contributed by atoms with Gasteiger partial charge in [-0.25, -0.2) is 13.1 Å². The smallest absolute Gasteiger partial charge is 0.240 e. The normalized spacial score (nSPS) is 22.5. The number of aliphatic hydroxyl groups is 2. The quantitative estimate of drug-likeness (QED) is 0.591. The van der Waals surface area contributed by atoms with Gasteiger partial charge in [-0.15, -0.1) is 0 Å². The minimum atomic E-state index is -3.63. The summed E-state index contributed by atoms with van der Waals surface area (Å²) in [5.41, 5.74) is 1.97. The third-order valence-electron chi connectivity index (χ3n) is 5.78. The zero-order chi connectivity index (χ0) is 20.9. The Labute approximate surface area is 177 Å². The maximum atomic E-state index is 12.7. The molecule has 0 radical (unpaired) electrons. The summed E-state index contributed by atoms with van der Waals surface area (Å²) in [7, 11) is -3.63. The van der Waals surface area contributed by atoms with Gasteiger partial charge < -0.3 is 10.2 Å². The van der Waals surface area contributed by atoms with Crippen LogP contribution in [0.1, 0.15) is 36.8 Å². The van der Waals surface area contributed by atoms with Crippen molar-refractivity contribution < 1.29 is 18.6 Å². The van der Waals surface area contributed by atoms with Crippen LogP contribution in [0.2, 0.25) is 5.02 Å². The molecule has 0 bridgehead atoms. The molecule has 1 aliphatic rings. The van der Waals surface area contributed by atoms with E-state index in [0.717, 1.165) is 30.4 Å². The van der Waals surface area contributed by atoms with Crippen LogP contribution in [-0.4, -0.2) is 37.9 Å². The van der Waals surface area contributed by atoms with Crippen LogP contribution in [0.3, 0.4) is 0 Å². The largest absolute Gasteiger partial charge is 0.396 e. The van der Waals surface area contributed by atoms with Gasteiger partial charge in [0.2, 0.25) is 10.0 Å². The minimum Gasteiger partial charge on any atom is -0.396 e. The maximum Gasteiger partial charge on any atom is 0.240 e. The highest BCUT2D eigenvalue weighted by molar-refractivity contribution is 7.89. The predicted molar refractivity (Wildman–Crippen MR) is 114 cm³/mol. The summed E-state index contributed by atoms with van der Waals surface area (Å²) < 4.78 is 28.3. The molecule has 7 heteroatoms. The van der Waals surface area contributed by atoms with Crippen molar-refractivity contribution >= 4 is 21.6 Å². The van der Waals surface area contributed by atoms with E-state index in [1.54, 1.807) is 12.1 Å². The number of sulfonamides is 1. The van der Waals surface area contributed by atoms with Crippen LogP contribution < -0.4 is 4.72 Å². The average molecular weight is 438 g/mol. The summed E-state index contributed by atoms with van der Waals surface area (Å²) in [6, 6.07) is 14.2. The second-order valence-electron chi connectivity index (χ2n) is 7.98. The first kappa shape index (κ1) is 22.2. The second-order valence-corrected chi connectivity index (χ2v) is 10.2. The lowest BCUT2D eigenvalue weighted by Crippen LogP contribution is -2.42. The first-order chi connectivity index (χ1) is 13.8. The van der Waals surface area contributed by atoms with Gasteiger partial charge in [0.15, 0.2) is 0 Å². The monoisotopic (exact) mass is 437 g/mol. The Hall–Kier alpha value is -1.44. The molecule has 0 amide bonds. The molecule has 1 aliphatic carbocycles. The molecule has 0 unspecified atom stereocenters. The van der Waals surface area contributed by atoms with Crippen LogP contribution in [-0.2, 0) is 22.9 Å². The molecule has 0 heterocycles. The maximum absolute atomic E-state index is 12.7. The van der Waals surface area contributed by atoms with E-state index in [1.165, 1.54) is 12.1 Å². The van der Waals surface area contributed by atoms with Crippen LogP contribution in [0.5, 0.6) is 0 Å². The molecule has 2 aromatic carbocycles. The number of rotatable bonds is 8. The van der Waals surface area contributed by atoms with Gasteiger partial charge in [0.05, 0.1) is 11.0 Å². The van der Waals surface area contributed by atoms with Gasteiger partial charge in [-0.3, -0.25) is 0 Å². The molecule has 0 aromatic heterocycles. The van der Waals surface area contributed by atoms with Crippen LogP contribution in [0.4, 0.5) is 0 Å². The molecule has 0 spiro atoms. The van der Waals surface area contributed by atoms with Gasteiger partial charge >= 0.3 is 0 Å². The summed E-state index contributed by atoms with van der Waals surface area (Å²) in [6.07, 6.45) is 3.91. The SMILES string of the molecule is O=S(=O)(NCC1(Cc2ccc(CCO)cc2)CCC(O)CC1)c1ccc(Cl)cc1. The molecule has 5 nitrogen and oxygen atoms in total. The molecule has 0 atom stereocenters. The summed E-state index contributed by atoms with van der Waals surface area (Å²) >= 11 is 5.86. The Morgan fingerprint density at radius 1 is 1.00 bits per heavy atom. The highest BCUT2D eigenvalue weighted by Crippen LogP contribution is 2.39. The van der Waals surface area contributed by atoms with Gasteiger partial charge in [-0.05, 0) is 79.3 Å². The summed E-state index contributed by atoms with van der Waals surface area (Å²) in [4.78, 5) is 0.196. The summed E-state index contributed by atoms with van der Waals surface area (Å²) in [5.74, 6) is 0. The van der Waals surface area contributed by atoms with Crippen LogP contribution >= 0.6 is 11.6 Å². The van der Waals surface area contributed by atoms with Crippen molar-refractivity contribution in [2.75, 3.05) is 13.2 Å². The Balaban J connectivity index is 1.75. The fraction of sp³-hybridized carbons (Fsp3) is 0.455. The number of hydrogen-bond donors (Lipinski definition) is 3. The molecule has 1 fully saturated rings. The Kier molecular flexibility index (Phi) is 7.35. The van der Waals surface area contributed by atoms with E-state index in [1.807, 2.05) is 24.3 Å². The topological polar surface area (TPSA) is 86.6 Å². The van der Waals surface area contributed by atoms with Crippen LogP contribution in [0, 0.1) is 5.41 Å². The van der Waals surface area contributed by atoms with E-state index in [0.29, 0.717) is 30.8 Å². The first-order valence-corrected chi connectivity index (χ1v) is 11.8. The van der Waals surface area contributed by atoms with Crippen molar-refractivity contribution in [2.45, 2.75) is 49.5 Å². The molecule has 2 aromatic rings. The summed E-state index contributed by atoms with van der Waals surface area (Å²) in [5, 5.41) is 19.5. The Morgan fingerprint density at radius 2 is 1.59 bits per heavy atom. The van der Waals surface area contributed by atoms with Crippen molar-refractivity contribution in [1.82, 2.24) is 4.72 Å². The number of halogens is 1. The third kappa shape index (κ3) is 6.03. The first-order valence-electron chi connectivity index (χ1n) is 9.94. The van der Waals surface area contributed by atoms with Crippen molar-refractivity contribution in [3.63, 3.8) is 0 Å². The molecule has 3 rings (SSSR count). The zero-order valence-corrected chi connectivity index (χ0v) is 17.9. The van der Waals surface area contributed by atoms with E-state index >= 15 is 0 Å². The van der Waals surface area contributed by atoms with E-state index in [9.17, 15) is 13.5 Å². The number of benzene rings is 2. The lowest BCUT2D eigenvalue weighted by atomic mass is 9.69. The van der Waals surface area contributed by atoms with Crippen molar-refractivity contribution in [3.8, 4) is 0 Å². The molecule has 3 N–H and O–H groups in total. The molecular weight excluding hydrogens is 410 g/mol. The van der Waals surface area contributed by atoms with E-state index in [2.05, 4.69) is 4.72 Å². The van der Waals surface area contributed by atoms with Gasteiger partial charge in [0.25, 0.3) is 0 Å². The standard InChI is InChI=1S/C22H28ClNO4S/c23-19-5-7-21(8-6-19)29(27,28)24-16-22(12-9-20(26)10-13-22)15-18-3-1-17(2-4-18)11-14-25/h1-8,20,24-26H,9-16H2. The van der Waals surface area contributed by atoms with E-state index in [-0.39, 0.29) is 23.0 Å². The molecule has 29 heavy (non-hydrogen) atoms. The van der Waals surface area contributed by atoms with Crippen molar-refractivity contribution in [1.29, 1.82) is 0 Å². The third-order valence-corrected chi connectivity index (χ3v) is 7.45. The predicted octanol–water partition coefficient (Wildman–Crippen LogP) is 3.32. The zero-order valence-electron chi connectivity index (χ0n) is 16.4. The molecular formula is C22H28ClNO4S. The minimum absolute atomic E-state index is 0.119. The Bertz CT molecular complexity index is 889. The molecule has 0 saturated heterocycles. The Morgan fingerprint density at radius 3 is 2.17 bits per heavy atom. The molecule has 1 saturated carbocycles. The number of nitrogens with one attached hydrogen (secondary N) is 1. The van der Waals surface area contributed by atoms with Gasteiger partial charge in [0.1, 0.15) is 0 Å².